The van der Waals surface area contributed by atoms with Gasteiger partial charge in [-0.05, 0) is 32.4 Å². The number of benzene rings is 1. The molecular weight excluding hydrogens is 272 g/mol. The molecule has 0 fully saturated rings. The first kappa shape index (κ1) is 16.7. The lowest BCUT2D eigenvalue weighted by atomic mass is 10.0. The van der Waals surface area contributed by atoms with Crippen LogP contribution in [0.1, 0.15) is 29.8 Å². The van der Waals surface area contributed by atoms with Gasteiger partial charge in [0, 0.05) is 12.6 Å². The molecule has 0 saturated carbocycles. The molecule has 0 saturated heterocycles. The van der Waals surface area contributed by atoms with Crippen molar-refractivity contribution in [2.75, 3.05) is 7.05 Å². The van der Waals surface area contributed by atoms with Gasteiger partial charge >= 0.3 is 5.97 Å². The Morgan fingerprint density at radius 3 is 2.19 bits per heavy atom. The van der Waals surface area contributed by atoms with E-state index in [0.717, 1.165) is 10.5 Å². The fourth-order valence-electron chi connectivity index (χ4n) is 2.09. The Labute approximate surface area is 123 Å². The molecule has 2 amide bonds. The molecule has 0 aromatic heterocycles. The molecule has 114 valence electrons. The molecule has 1 aromatic rings. The topological polar surface area (TPSA) is 86.7 Å². The smallest absolute Gasteiger partial charge is 0.326 e. The van der Waals surface area contributed by atoms with Gasteiger partial charge in [-0.2, -0.15) is 0 Å². The summed E-state index contributed by atoms with van der Waals surface area (Å²) in [6.07, 6.45) is 0. The second-order valence-electron chi connectivity index (χ2n) is 4.83. The van der Waals surface area contributed by atoms with Crippen molar-refractivity contribution in [2.45, 2.75) is 32.9 Å². The van der Waals surface area contributed by atoms with Crippen molar-refractivity contribution in [2.24, 2.45) is 0 Å². The molecule has 0 aliphatic heterocycles. The highest BCUT2D eigenvalue weighted by Gasteiger charge is 2.34. The number of carbonyl (C=O) groups is 3. The summed E-state index contributed by atoms with van der Waals surface area (Å²) in [5.74, 6) is -2.04. The normalized spacial score (nSPS) is 13.1. The third kappa shape index (κ3) is 3.59. The summed E-state index contributed by atoms with van der Waals surface area (Å²) in [5, 5.41) is 11.6. The highest BCUT2D eigenvalue weighted by atomic mass is 16.4. The zero-order valence-electron chi connectivity index (χ0n) is 12.6. The first-order valence-electron chi connectivity index (χ1n) is 6.64. The highest BCUT2D eigenvalue weighted by Crippen LogP contribution is 2.16. The molecule has 6 nitrogen and oxygen atoms in total. The van der Waals surface area contributed by atoms with E-state index >= 15 is 0 Å². The van der Waals surface area contributed by atoms with Crippen molar-refractivity contribution < 1.29 is 19.5 Å². The van der Waals surface area contributed by atoms with Gasteiger partial charge in [-0.3, -0.25) is 9.59 Å². The summed E-state index contributed by atoms with van der Waals surface area (Å²) < 4.78 is 0. The SMILES string of the molecule is CNC(=O)C(C)N(C(=O)c1ccccc1C)C(C)C(=O)O. The number of likely N-dealkylation sites (N-methyl/N-ethyl adjacent to an activating group) is 1. The number of rotatable bonds is 5. The summed E-state index contributed by atoms with van der Waals surface area (Å²) in [4.78, 5) is 36.8. The lowest BCUT2D eigenvalue weighted by molar-refractivity contribution is -0.143. The van der Waals surface area contributed by atoms with E-state index in [4.69, 9.17) is 0 Å². The molecule has 2 atom stereocenters. The van der Waals surface area contributed by atoms with E-state index in [0.29, 0.717) is 5.56 Å². The van der Waals surface area contributed by atoms with Crippen LogP contribution in [0, 0.1) is 6.92 Å². The van der Waals surface area contributed by atoms with Gasteiger partial charge < -0.3 is 15.3 Å². The van der Waals surface area contributed by atoms with Gasteiger partial charge in [-0.25, -0.2) is 4.79 Å². The van der Waals surface area contributed by atoms with Gasteiger partial charge in [-0.15, -0.1) is 0 Å². The Bertz CT molecular complexity index is 556. The quantitative estimate of drug-likeness (QED) is 0.849. The summed E-state index contributed by atoms with van der Waals surface area (Å²) in [6.45, 7) is 4.66. The Morgan fingerprint density at radius 2 is 1.71 bits per heavy atom. The lowest BCUT2D eigenvalue weighted by Gasteiger charge is -2.31. The molecule has 6 heteroatoms. The molecule has 0 spiro atoms. The number of aliphatic carboxylic acids is 1. The van der Waals surface area contributed by atoms with Gasteiger partial charge in [0.05, 0.1) is 0 Å². The molecule has 0 heterocycles. The van der Waals surface area contributed by atoms with Gasteiger partial charge in [-0.1, -0.05) is 18.2 Å². The number of carbonyl (C=O) groups excluding carboxylic acids is 2. The highest BCUT2D eigenvalue weighted by molar-refractivity contribution is 6.00. The Morgan fingerprint density at radius 1 is 1.14 bits per heavy atom. The molecule has 2 unspecified atom stereocenters. The molecule has 2 N–H and O–H groups in total. The minimum absolute atomic E-state index is 0.390. The van der Waals surface area contributed by atoms with Gasteiger partial charge in [0.2, 0.25) is 5.91 Å². The van der Waals surface area contributed by atoms with E-state index in [9.17, 15) is 19.5 Å². The second kappa shape index (κ2) is 6.88. The maximum atomic E-state index is 12.7. The van der Waals surface area contributed by atoms with Crippen LogP contribution in [-0.4, -0.2) is 46.9 Å². The fourth-order valence-corrected chi connectivity index (χ4v) is 2.09. The van der Waals surface area contributed by atoms with E-state index in [-0.39, 0.29) is 0 Å². The predicted molar refractivity (Wildman–Crippen MR) is 78.0 cm³/mol. The average molecular weight is 292 g/mol. The molecular formula is C15H20N2O4. The standard InChI is InChI=1S/C15H20N2O4/c1-9-7-5-6-8-12(9)14(19)17(11(3)15(20)21)10(2)13(18)16-4/h5-8,10-11H,1-4H3,(H,16,18)(H,20,21). The van der Waals surface area contributed by atoms with Crippen LogP contribution in [0.3, 0.4) is 0 Å². The minimum Gasteiger partial charge on any atom is -0.480 e. The van der Waals surface area contributed by atoms with Gasteiger partial charge in [0.1, 0.15) is 12.1 Å². The van der Waals surface area contributed by atoms with Crippen LogP contribution in [0.25, 0.3) is 0 Å². The number of carboxylic acid groups (broad SMARTS) is 1. The van der Waals surface area contributed by atoms with Crippen molar-refractivity contribution in [3.05, 3.63) is 35.4 Å². The zero-order valence-corrected chi connectivity index (χ0v) is 12.6. The number of hydrogen-bond donors (Lipinski definition) is 2. The summed E-state index contributed by atoms with van der Waals surface area (Å²) in [7, 11) is 1.45. The Kier molecular flexibility index (Phi) is 5.46. The van der Waals surface area contributed by atoms with Crippen molar-refractivity contribution in [3.8, 4) is 0 Å². The summed E-state index contributed by atoms with van der Waals surface area (Å²) >= 11 is 0. The number of nitrogens with one attached hydrogen (secondary N) is 1. The number of aryl methyl sites for hydroxylation is 1. The van der Waals surface area contributed by atoms with Crippen molar-refractivity contribution >= 4 is 17.8 Å². The average Bonchev–Trinajstić information content (AvgIpc) is 2.46. The zero-order chi connectivity index (χ0) is 16.2. The summed E-state index contributed by atoms with van der Waals surface area (Å²) in [5.41, 5.74) is 1.12. The molecule has 0 radical (unpaired) electrons. The third-order valence-corrected chi connectivity index (χ3v) is 3.43. The van der Waals surface area contributed by atoms with Crippen LogP contribution in [-0.2, 0) is 9.59 Å². The minimum atomic E-state index is -1.16. The second-order valence-corrected chi connectivity index (χ2v) is 4.83. The van der Waals surface area contributed by atoms with Crippen LogP contribution in [0.15, 0.2) is 24.3 Å². The molecule has 0 aliphatic rings. The Balaban J connectivity index is 3.24. The number of hydrogen-bond acceptors (Lipinski definition) is 3. The van der Waals surface area contributed by atoms with Crippen LogP contribution in [0.5, 0.6) is 0 Å². The van der Waals surface area contributed by atoms with E-state index in [1.54, 1.807) is 31.2 Å². The van der Waals surface area contributed by atoms with Gasteiger partial charge in [0.25, 0.3) is 5.91 Å². The number of amides is 2. The number of nitrogens with zero attached hydrogens (tertiary/aromatic N) is 1. The molecule has 0 aliphatic carbocycles. The van der Waals surface area contributed by atoms with E-state index in [2.05, 4.69) is 5.32 Å². The van der Waals surface area contributed by atoms with Crippen molar-refractivity contribution in [1.82, 2.24) is 10.2 Å². The monoisotopic (exact) mass is 292 g/mol. The number of carboxylic acids is 1. The van der Waals surface area contributed by atoms with Crippen LogP contribution >= 0.6 is 0 Å². The summed E-state index contributed by atoms with van der Waals surface area (Å²) in [6, 6.07) is 4.89. The van der Waals surface area contributed by atoms with E-state index in [1.165, 1.54) is 20.9 Å². The maximum absolute atomic E-state index is 12.7. The molecule has 1 rings (SSSR count). The first-order chi connectivity index (χ1) is 9.81. The van der Waals surface area contributed by atoms with Gasteiger partial charge in [0.15, 0.2) is 0 Å². The van der Waals surface area contributed by atoms with Crippen molar-refractivity contribution in [3.63, 3.8) is 0 Å². The lowest BCUT2D eigenvalue weighted by Crippen LogP contribution is -2.53. The maximum Gasteiger partial charge on any atom is 0.326 e. The van der Waals surface area contributed by atoms with E-state index < -0.39 is 29.9 Å². The molecule has 1 aromatic carbocycles. The fraction of sp³-hybridized carbons (Fsp3) is 0.400. The largest absolute Gasteiger partial charge is 0.480 e. The van der Waals surface area contributed by atoms with Crippen molar-refractivity contribution in [1.29, 1.82) is 0 Å². The Hall–Kier alpha value is -2.37. The van der Waals surface area contributed by atoms with Crippen LogP contribution in [0.2, 0.25) is 0 Å². The van der Waals surface area contributed by atoms with E-state index in [1.807, 2.05) is 0 Å². The van der Waals surface area contributed by atoms with Crippen LogP contribution in [0.4, 0.5) is 0 Å². The molecule has 0 bridgehead atoms. The first-order valence-corrected chi connectivity index (χ1v) is 6.64. The third-order valence-electron chi connectivity index (χ3n) is 3.43. The van der Waals surface area contributed by atoms with Crippen LogP contribution < -0.4 is 5.32 Å². The molecule has 21 heavy (non-hydrogen) atoms. The predicted octanol–water partition coefficient (Wildman–Crippen LogP) is 1.04.